The molecule has 0 atom stereocenters. The Hall–Kier alpha value is -3.50. The molecule has 1 heterocycles. The van der Waals surface area contributed by atoms with Gasteiger partial charge in [0, 0.05) is 37.1 Å². The topological polar surface area (TPSA) is 64.2 Å². The van der Waals surface area contributed by atoms with Gasteiger partial charge in [0.1, 0.15) is 11.6 Å². The highest BCUT2D eigenvalue weighted by Gasteiger charge is 2.33. The molecule has 0 aliphatic heterocycles. The SMILES string of the molecule is O=c1cc(O)n(CCC(F)(F)c2ccc(F)cc2)c(=O)n1CCC(F)(F)c1ccc(F)cc1. The quantitative estimate of drug-likeness (QED) is 0.496. The van der Waals surface area contributed by atoms with Crippen molar-refractivity contribution in [2.24, 2.45) is 0 Å². The van der Waals surface area contributed by atoms with Crippen LogP contribution < -0.4 is 11.2 Å². The molecule has 0 aliphatic rings. The average molecular weight is 472 g/mol. The fourth-order valence-electron chi connectivity index (χ4n) is 3.20. The van der Waals surface area contributed by atoms with E-state index in [2.05, 4.69) is 0 Å². The van der Waals surface area contributed by atoms with Crippen molar-refractivity contribution < 1.29 is 31.4 Å². The molecular weight excluding hydrogens is 454 g/mol. The molecule has 0 bridgehead atoms. The Morgan fingerprint density at radius 2 is 1.09 bits per heavy atom. The highest BCUT2D eigenvalue weighted by molar-refractivity contribution is 5.22. The number of halogens is 6. The van der Waals surface area contributed by atoms with Gasteiger partial charge in [0.15, 0.2) is 0 Å². The summed E-state index contributed by atoms with van der Waals surface area (Å²) in [5.41, 5.74) is -3.39. The third kappa shape index (κ3) is 5.47. The molecule has 3 aromatic rings. The second kappa shape index (κ2) is 9.16. The van der Waals surface area contributed by atoms with E-state index in [4.69, 9.17) is 0 Å². The van der Waals surface area contributed by atoms with E-state index in [0.717, 1.165) is 48.5 Å². The van der Waals surface area contributed by atoms with Crippen molar-refractivity contribution in [2.75, 3.05) is 0 Å². The summed E-state index contributed by atoms with van der Waals surface area (Å²) >= 11 is 0. The average Bonchev–Trinajstić information content (AvgIpc) is 2.73. The van der Waals surface area contributed by atoms with Gasteiger partial charge >= 0.3 is 5.69 Å². The molecule has 0 unspecified atom stereocenters. The van der Waals surface area contributed by atoms with E-state index in [0.29, 0.717) is 15.2 Å². The number of aromatic hydroxyl groups is 1. The van der Waals surface area contributed by atoms with Crippen LogP contribution in [0.4, 0.5) is 26.3 Å². The Morgan fingerprint density at radius 3 is 1.52 bits per heavy atom. The van der Waals surface area contributed by atoms with Gasteiger partial charge in [-0.15, -0.1) is 0 Å². The van der Waals surface area contributed by atoms with Crippen molar-refractivity contribution in [2.45, 2.75) is 37.8 Å². The van der Waals surface area contributed by atoms with Crippen LogP contribution >= 0.6 is 0 Å². The summed E-state index contributed by atoms with van der Waals surface area (Å²) in [5, 5.41) is 9.90. The normalized spacial score (nSPS) is 12.2. The van der Waals surface area contributed by atoms with Gasteiger partial charge in [-0.05, 0) is 24.3 Å². The van der Waals surface area contributed by atoms with E-state index in [1.54, 1.807) is 0 Å². The summed E-state index contributed by atoms with van der Waals surface area (Å²) < 4.78 is 84.5. The standard InChI is InChI=1S/C22H18F6N2O3/c23-16-5-1-14(2-6-16)21(25,26)9-11-29-18(31)13-19(32)30(20(29)33)12-10-22(27,28)15-3-7-17(24)8-4-15/h1-8,13,31H,9-12H2. The Labute approximate surface area is 183 Å². The number of hydrogen-bond donors (Lipinski definition) is 1. The molecule has 0 radical (unpaired) electrons. The predicted octanol–water partition coefficient (Wildman–Crippen LogP) is 4.36. The smallest absolute Gasteiger partial charge is 0.333 e. The fourth-order valence-corrected chi connectivity index (χ4v) is 3.20. The molecule has 0 amide bonds. The lowest BCUT2D eigenvalue weighted by Crippen LogP contribution is -2.40. The van der Waals surface area contributed by atoms with Crippen LogP contribution in [0.5, 0.6) is 5.88 Å². The van der Waals surface area contributed by atoms with Crippen molar-refractivity contribution in [1.82, 2.24) is 9.13 Å². The molecule has 1 N–H and O–H groups in total. The molecule has 0 spiro atoms. The zero-order valence-electron chi connectivity index (χ0n) is 17.0. The monoisotopic (exact) mass is 472 g/mol. The molecule has 1 aromatic heterocycles. The summed E-state index contributed by atoms with van der Waals surface area (Å²) in [6, 6.07) is 7.40. The van der Waals surface area contributed by atoms with Crippen LogP contribution in [0.1, 0.15) is 24.0 Å². The van der Waals surface area contributed by atoms with Crippen LogP contribution in [-0.4, -0.2) is 14.2 Å². The number of rotatable bonds is 8. The van der Waals surface area contributed by atoms with Gasteiger partial charge < -0.3 is 5.11 Å². The van der Waals surface area contributed by atoms with Crippen LogP contribution in [0.15, 0.2) is 64.2 Å². The maximum atomic E-state index is 14.4. The van der Waals surface area contributed by atoms with Crippen LogP contribution in [0.2, 0.25) is 0 Å². The third-order valence-corrected chi connectivity index (χ3v) is 5.09. The maximum Gasteiger partial charge on any atom is 0.333 e. The lowest BCUT2D eigenvalue weighted by molar-refractivity contribution is -0.0193. The Morgan fingerprint density at radius 1 is 0.697 bits per heavy atom. The fraction of sp³-hybridized carbons (Fsp3) is 0.273. The van der Waals surface area contributed by atoms with Gasteiger partial charge in [0.05, 0.1) is 6.07 Å². The zero-order valence-corrected chi connectivity index (χ0v) is 17.0. The number of alkyl halides is 4. The van der Waals surface area contributed by atoms with Crippen molar-refractivity contribution >= 4 is 0 Å². The molecular formula is C22H18F6N2O3. The Balaban J connectivity index is 1.81. The number of nitrogens with zero attached hydrogens (tertiary/aromatic N) is 2. The van der Waals surface area contributed by atoms with Crippen molar-refractivity contribution in [3.05, 3.63) is 98.2 Å². The van der Waals surface area contributed by atoms with Gasteiger partial charge in [0.25, 0.3) is 17.4 Å². The first-order valence-corrected chi connectivity index (χ1v) is 9.72. The van der Waals surface area contributed by atoms with Gasteiger partial charge in [-0.2, -0.15) is 0 Å². The highest BCUT2D eigenvalue weighted by Crippen LogP contribution is 2.33. The first-order chi connectivity index (χ1) is 15.4. The first kappa shape index (κ1) is 24.1. The van der Waals surface area contributed by atoms with E-state index in [-0.39, 0.29) is 0 Å². The lowest BCUT2D eigenvalue weighted by Gasteiger charge is -2.19. The van der Waals surface area contributed by atoms with E-state index >= 15 is 0 Å². The summed E-state index contributed by atoms with van der Waals surface area (Å²) in [6.45, 7) is -1.53. The summed E-state index contributed by atoms with van der Waals surface area (Å²) in [5.74, 6) is -9.35. The Bertz CT molecular complexity index is 1230. The second-order valence-corrected chi connectivity index (χ2v) is 7.35. The van der Waals surface area contributed by atoms with Crippen LogP contribution in [0.3, 0.4) is 0 Å². The van der Waals surface area contributed by atoms with E-state index in [9.17, 15) is 41.0 Å². The molecule has 0 aliphatic carbocycles. The number of hydrogen-bond acceptors (Lipinski definition) is 3. The van der Waals surface area contributed by atoms with Crippen LogP contribution in [0.25, 0.3) is 0 Å². The number of aromatic nitrogens is 2. The van der Waals surface area contributed by atoms with Crippen molar-refractivity contribution in [1.29, 1.82) is 0 Å². The minimum atomic E-state index is -3.52. The van der Waals surface area contributed by atoms with E-state index in [1.165, 1.54) is 0 Å². The van der Waals surface area contributed by atoms with Gasteiger partial charge in [-0.25, -0.2) is 31.1 Å². The van der Waals surface area contributed by atoms with Crippen LogP contribution in [0, 0.1) is 11.6 Å². The van der Waals surface area contributed by atoms with Gasteiger partial charge in [-0.3, -0.25) is 13.9 Å². The minimum Gasteiger partial charge on any atom is -0.494 e. The molecule has 3 rings (SSSR count). The maximum absolute atomic E-state index is 14.4. The van der Waals surface area contributed by atoms with Crippen molar-refractivity contribution in [3.63, 3.8) is 0 Å². The highest BCUT2D eigenvalue weighted by atomic mass is 19.3. The molecule has 33 heavy (non-hydrogen) atoms. The summed E-state index contributed by atoms with van der Waals surface area (Å²) in [7, 11) is 0. The molecule has 11 heteroatoms. The minimum absolute atomic E-state index is 0.396. The van der Waals surface area contributed by atoms with Crippen molar-refractivity contribution in [3.8, 4) is 5.88 Å². The zero-order chi connectivity index (χ0) is 24.4. The van der Waals surface area contributed by atoms with Gasteiger partial charge in [-0.1, -0.05) is 24.3 Å². The summed E-state index contributed by atoms with van der Waals surface area (Å²) in [4.78, 5) is 24.7. The summed E-state index contributed by atoms with van der Waals surface area (Å²) in [6.07, 6.45) is -2.00. The second-order valence-electron chi connectivity index (χ2n) is 7.35. The third-order valence-electron chi connectivity index (χ3n) is 5.09. The molecule has 0 fully saturated rings. The largest absolute Gasteiger partial charge is 0.494 e. The first-order valence-electron chi connectivity index (χ1n) is 9.72. The van der Waals surface area contributed by atoms with Gasteiger partial charge in [0.2, 0.25) is 5.88 Å². The molecule has 0 saturated carbocycles. The van der Waals surface area contributed by atoms with E-state index in [1.807, 2.05) is 0 Å². The van der Waals surface area contributed by atoms with E-state index < -0.39 is 77.7 Å². The molecule has 176 valence electrons. The predicted molar refractivity (Wildman–Crippen MR) is 106 cm³/mol. The molecule has 2 aromatic carbocycles. The molecule has 5 nitrogen and oxygen atoms in total. The molecule has 0 saturated heterocycles. The Kier molecular flexibility index (Phi) is 6.71. The number of benzene rings is 2. The lowest BCUT2D eigenvalue weighted by atomic mass is 10.1. The van der Waals surface area contributed by atoms with Crippen LogP contribution in [-0.2, 0) is 24.9 Å².